The minimum absolute atomic E-state index is 0.0666. The molecule has 0 aliphatic heterocycles. The Labute approximate surface area is 109 Å². The summed E-state index contributed by atoms with van der Waals surface area (Å²) in [5.41, 5.74) is 9.14. The molecule has 0 spiro atoms. The molecule has 2 nitrogen and oxygen atoms in total. The van der Waals surface area contributed by atoms with Crippen molar-refractivity contribution in [1.82, 2.24) is 0 Å². The Kier molecular flexibility index (Phi) is 2.81. The molecule has 0 bridgehead atoms. The lowest BCUT2D eigenvalue weighted by atomic mass is 9.92. The van der Waals surface area contributed by atoms with E-state index in [9.17, 15) is 0 Å². The fraction of sp³-hybridized carbons (Fsp3) is 0.286. The number of benzene rings is 1. The van der Waals surface area contributed by atoms with Crippen LogP contribution in [0.25, 0.3) is 0 Å². The first-order chi connectivity index (χ1) is 8.27. The van der Waals surface area contributed by atoms with E-state index in [1.165, 1.54) is 11.1 Å². The minimum Gasteiger partial charge on any atom is -0.466 e. The van der Waals surface area contributed by atoms with Crippen LogP contribution in [0, 0.1) is 0 Å². The molecule has 2 N–H and O–H groups in total. The molecule has 2 aromatic rings. The third kappa shape index (κ3) is 1.83. The van der Waals surface area contributed by atoms with Crippen LogP contribution < -0.4 is 5.73 Å². The molecule has 2 atom stereocenters. The van der Waals surface area contributed by atoms with Crippen molar-refractivity contribution >= 4 is 15.9 Å². The van der Waals surface area contributed by atoms with Crippen LogP contribution in [0.1, 0.15) is 35.3 Å². The van der Waals surface area contributed by atoms with E-state index >= 15 is 0 Å². The highest BCUT2D eigenvalue weighted by molar-refractivity contribution is 9.10. The lowest BCUT2D eigenvalue weighted by Gasteiger charge is -2.18. The predicted octanol–water partition coefficient (Wildman–Crippen LogP) is 3.77. The maximum Gasteiger partial charge on any atom is 0.135 e. The Balaban J connectivity index is 1.95. The molecule has 3 rings (SSSR count). The molecule has 0 saturated carbocycles. The Morgan fingerprint density at radius 2 is 2.12 bits per heavy atom. The second-order valence-corrected chi connectivity index (χ2v) is 5.36. The molecule has 1 heterocycles. The first kappa shape index (κ1) is 11.1. The zero-order valence-corrected chi connectivity index (χ0v) is 11.0. The van der Waals surface area contributed by atoms with Gasteiger partial charge in [0, 0.05) is 5.92 Å². The van der Waals surface area contributed by atoms with Gasteiger partial charge in [0.15, 0.2) is 0 Å². The number of hydrogen-bond acceptors (Lipinski definition) is 2. The van der Waals surface area contributed by atoms with Gasteiger partial charge in [-0.1, -0.05) is 24.3 Å². The Bertz CT molecular complexity index is 535. The van der Waals surface area contributed by atoms with Gasteiger partial charge in [0.05, 0.1) is 16.8 Å². The van der Waals surface area contributed by atoms with Crippen LogP contribution in [-0.2, 0) is 6.42 Å². The van der Waals surface area contributed by atoms with Crippen molar-refractivity contribution in [3.05, 3.63) is 58.0 Å². The fourth-order valence-electron chi connectivity index (χ4n) is 2.69. The van der Waals surface area contributed by atoms with Crippen molar-refractivity contribution in [2.24, 2.45) is 5.73 Å². The van der Waals surface area contributed by atoms with Crippen LogP contribution in [0.15, 0.2) is 45.5 Å². The number of rotatable bonds is 2. The zero-order chi connectivity index (χ0) is 11.8. The summed E-state index contributed by atoms with van der Waals surface area (Å²) in [6, 6.07) is 10.4. The summed E-state index contributed by atoms with van der Waals surface area (Å²) < 4.78 is 6.45. The molecule has 88 valence electrons. The number of furan rings is 1. The van der Waals surface area contributed by atoms with Crippen LogP contribution in [-0.4, -0.2) is 0 Å². The van der Waals surface area contributed by atoms with Gasteiger partial charge >= 0.3 is 0 Å². The van der Waals surface area contributed by atoms with Gasteiger partial charge in [-0.05, 0) is 46.0 Å². The maximum absolute atomic E-state index is 6.34. The van der Waals surface area contributed by atoms with Crippen LogP contribution in [0.4, 0.5) is 0 Å². The van der Waals surface area contributed by atoms with Gasteiger partial charge in [0.2, 0.25) is 0 Å². The highest BCUT2D eigenvalue weighted by Gasteiger charge is 2.30. The third-order valence-corrected chi connectivity index (χ3v) is 4.22. The monoisotopic (exact) mass is 291 g/mol. The van der Waals surface area contributed by atoms with E-state index in [4.69, 9.17) is 10.2 Å². The van der Waals surface area contributed by atoms with Crippen molar-refractivity contribution in [3.63, 3.8) is 0 Å². The van der Waals surface area contributed by atoms with E-state index in [-0.39, 0.29) is 6.04 Å². The average molecular weight is 292 g/mol. The highest BCUT2D eigenvalue weighted by Crippen LogP contribution is 2.42. The molecule has 0 saturated heterocycles. The van der Waals surface area contributed by atoms with E-state index < -0.39 is 0 Å². The van der Waals surface area contributed by atoms with Crippen molar-refractivity contribution < 1.29 is 4.42 Å². The molecule has 0 fully saturated rings. The smallest absolute Gasteiger partial charge is 0.135 e. The van der Waals surface area contributed by atoms with E-state index in [1.54, 1.807) is 6.26 Å². The summed E-state index contributed by atoms with van der Waals surface area (Å²) in [6.45, 7) is 0. The molecular formula is C14H14BrNO. The summed E-state index contributed by atoms with van der Waals surface area (Å²) in [5.74, 6) is 1.22. The summed E-state index contributed by atoms with van der Waals surface area (Å²) in [7, 11) is 0. The summed E-state index contributed by atoms with van der Waals surface area (Å²) >= 11 is 3.48. The lowest BCUT2D eigenvalue weighted by Crippen LogP contribution is -2.17. The van der Waals surface area contributed by atoms with Crippen LogP contribution >= 0.6 is 15.9 Å². The fourth-order valence-corrected chi connectivity index (χ4v) is 3.15. The van der Waals surface area contributed by atoms with Gasteiger partial charge in [-0.15, -0.1) is 0 Å². The van der Waals surface area contributed by atoms with Crippen molar-refractivity contribution in [3.8, 4) is 0 Å². The number of hydrogen-bond donors (Lipinski definition) is 1. The van der Waals surface area contributed by atoms with Gasteiger partial charge in [0.1, 0.15) is 5.76 Å². The number of fused-ring (bicyclic) bond motifs is 1. The number of aryl methyl sites for hydroxylation is 1. The second kappa shape index (κ2) is 4.31. The SMILES string of the molecule is NC(c1occc1Br)C1CCc2ccccc21. The topological polar surface area (TPSA) is 39.2 Å². The van der Waals surface area contributed by atoms with Gasteiger partial charge in [0.25, 0.3) is 0 Å². The molecule has 0 amide bonds. The van der Waals surface area contributed by atoms with Crippen molar-refractivity contribution in [2.75, 3.05) is 0 Å². The Morgan fingerprint density at radius 3 is 2.88 bits per heavy atom. The molecule has 1 aromatic heterocycles. The van der Waals surface area contributed by atoms with E-state index in [0.717, 1.165) is 23.1 Å². The maximum atomic E-state index is 6.34. The highest BCUT2D eigenvalue weighted by atomic mass is 79.9. The minimum atomic E-state index is -0.0666. The van der Waals surface area contributed by atoms with Gasteiger partial charge < -0.3 is 10.2 Å². The predicted molar refractivity (Wildman–Crippen MR) is 70.8 cm³/mol. The largest absolute Gasteiger partial charge is 0.466 e. The first-order valence-electron chi connectivity index (χ1n) is 5.83. The molecule has 2 unspecified atom stereocenters. The van der Waals surface area contributed by atoms with E-state index in [0.29, 0.717) is 5.92 Å². The number of halogens is 1. The molecule has 3 heteroatoms. The second-order valence-electron chi connectivity index (χ2n) is 4.50. The normalized spacial score (nSPS) is 20.2. The molecule has 1 aliphatic rings. The van der Waals surface area contributed by atoms with Crippen LogP contribution in [0.3, 0.4) is 0 Å². The average Bonchev–Trinajstić information content (AvgIpc) is 2.94. The Morgan fingerprint density at radius 1 is 1.29 bits per heavy atom. The summed E-state index contributed by atoms with van der Waals surface area (Å²) in [5, 5.41) is 0. The molecular weight excluding hydrogens is 278 g/mol. The first-order valence-corrected chi connectivity index (χ1v) is 6.63. The standard InChI is InChI=1S/C14H14BrNO/c15-12-7-8-17-14(12)13(16)11-6-5-9-3-1-2-4-10(9)11/h1-4,7-8,11,13H,5-6,16H2. The van der Waals surface area contributed by atoms with E-state index in [2.05, 4.69) is 40.2 Å². The molecule has 1 aliphatic carbocycles. The third-order valence-electron chi connectivity index (χ3n) is 3.56. The van der Waals surface area contributed by atoms with Gasteiger partial charge in [-0.3, -0.25) is 0 Å². The number of nitrogens with two attached hydrogens (primary N) is 1. The molecule has 0 radical (unpaired) electrons. The summed E-state index contributed by atoms with van der Waals surface area (Å²) in [6.07, 6.45) is 3.90. The van der Waals surface area contributed by atoms with Crippen molar-refractivity contribution in [1.29, 1.82) is 0 Å². The van der Waals surface area contributed by atoms with Crippen molar-refractivity contribution in [2.45, 2.75) is 24.8 Å². The lowest BCUT2D eigenvalue weighted by molar-refractivity contribution is 0.420. The van der Waals surface area contributed by atoms with Gasteiger partial charge in [-0.2, -0.15) is 0 Å². The van der Waals surface area contributed by atoms with E-state index in [1.807, 2.05) is 6.07 Å². The Hall–Kier alpha value is -1.06. The molecule has 1 aromatic carbocycles. The van der Waals surface area contributed by atoms with Gasteiger partial charge in [-0.25, -0.2) is 0 Å². The van der Waals surface area contributed by atoms with Crippen LogP contribution in [0.2, 0.25) is 0 Å². The summed E-state index contributed by atoms with van der Waals surface area (Å²) in [4.78, 5) is 0. The zero-order valence-electron chi connectivity index (χ0n) is 9.40. The quantitative estimate of drug-likeness (QED) is 0.915. The van der Waals surface area contributed by atoms with Crippen LogP contribution in [0.5, 0.6) is 0 Å². The molecule has 17 heavy (non-hydrogen) atoms.